The van der Waals surface area contributed by atoms with Crippen LogP contribution < -0.4 is 0 Å². The fourth-order valence-electron chi connectivity index (χ4n) is 1.03. The zero-order valence-electron chi connectivity index (χ0n) is 7.54. The average Bonchev–Trinajstić information content (AvgIpc) is 2.04. The number of hydrogen-bond donors (Lipinski definition) is 1. The van der Waals surface area contributed by atoms with Gasteiger partial charge in [-0.2, -0.15) is 0 Å². The van der Waals surface area contributed by atoms with Crippen molar-refractivity contribution in [3.8, 4) is 0 Å². The molecule has 1 atom stereocenters. The van der Waals surface area contributed by atoms with Gasteiger partial charge >= 0.3 is 0 Å². The Hall–Kier alpha value is -1.08. The van der Waals surface area contributed by atoms with E-state index >= 15 is 0 Å². The number of benzene rings is 1. The van der Waals surface area contributed by atoms with Crippen LogP contribution in [0.2, 0.25) is 0 Å². The van der Waals surface area contributed by atoms with E-state index in [2.05, 4.69) is 6.58 Å². The highest BCUT2D eigenvalue weighted by atomic mass is 16.3. The molecular formula is C11H14O. The third-order valence-electron chi connectivity index (χ3n) is 1.86. The fourth-order valence-corrected chi connectivity index (χ4v) is 1.03. The van der Waals surface area contributed by atoms with Crippen LogP contribution in [0, 0.1) is 6.92 Å². The van der Waals surface area contributed by atoms with Gasteiger partial charge in [0.25, 0.3) is 0 Å². The Morgan fingerprint density at radius 1 is 1.33 bits per heavy atom. The molecule has 1 nitrogen and oxygen atoms in total. The van der Waals surface area contributed by atoms with Crippen molar-refractivity contribution >= 4 is 0 Å². The summed E-state index contributed by atoms with van der Waals surface area (Å²) in [6.07, 6.45) is -0.523. The molecule has 0 aliphatic carbocycles. The summed E-state index contributed by atoms with van der Waals surface area (Å²) in [5.74, 6) is 0. The predicted octanol–water partition coefficient (Wildman–Crippen LogP) is 2.60. The zero-order valence-corrected chi connectivity index (χ0v) is 7.54. The predicted molar refractivity (Wildman–Crippen MR) is 51.0 cm³/mol. The molecule has 0 saturated heterocycles. The second-order valence-corrected chi connectivity index (χ2v) is 3.16. The molecular weight excluding hydrogens is 148 g/mol. The maximum absolute atomic E-state index is 9.59. The summed E-state index contributed by atoms with van der Waals surface area (Å²) >= 11 is 0. The van der Waals surface area contributed by atoms with Crippen molar-refractivity contribution in [3.05, 3.63) is 47.5 Å². The first kappa shape index (κ1) is 9.01. The maximum atomic E-state index is 9.59. The highest BCUT2D eigenvalue weighted by Gasteiger charge is 2.05. The van der Waals surface area contributed by atoms with Crippen LogP contribution in [0.4, 0.5) is 0 Å². The summed E-state index contributed by atoms with van der Waals surface area (Å²) in [4.78, 5) is 0. The Morgan fingerprint density at radius 3 is 2.25 bits per heavy atom. The van der Waals surface area contributed by atoms with Crippen LogP contribution in [0.3, 0.4) is 0 Å². The maximum Gasteiger partial charge on any atom is 0.0995 e. The Morgan fingerprint density at radius 2 is 1.83 bits per heavy atom. The lowest BCUT2D eigenvalue weighted by molar-refractivity contribution is 0.216. The number of aryl methyl sites for hydroxylation is 1. The van der Waals surface area contributed by atoms with Crippen molar-refractivity contribution in [1.29, 1.82) is 0 Å². The van der Waals surface area contributed by atoms with Gasteiger partial charge in [0.2, 0.25) is 0 Å². The van der Waals surface area contributed by atoms with E-state index in [9.17, 15) is 5.11 Å². The van der Waals surface area contributed by atoms with Crippen LogP contribution >= 0.6 is 0 Å². The van der Waals surface area contributed by atoms with Gasteiger partial charge in [0.05, 0.1) is 6.10 Å². The lowest BCUT2D eigenvalue weighted by atomic mass is 10.0. The van der Waals surface area contributed by atoms with E-state index in [1.807, 2.05) is 38.1 Å². The van der Waals surface area contributed by atoms with Gasteiger partial charge in [-0.3, -0.25) is 0 Å². The summed E-state index contributed by atoms with van der Waals surface area (Å²) in [6, 6.07) is 7.83. The van der Waals surface area contributed by atoms with Crippen LogP contribution in [0.1, 0.15) is 24.2 Å². The third kappa shape index (κ3) is 1.95. The molecule has 1 aromatic rings. The second kappa shape index (κ2) is 3.55. The molecule has 0 heterocycles. The molecule has 0 aromatic heterocycles. The summed E-state index contributed by atoms with van der Waals surface area (Å²) in [5, 5.41) is 9.59. The number of hydrogen-bond acceptors (Lipinski definition) is 1. The molecule has 1 heteroatoms. The molecule has 0 bridgehead atoms. The summed E-state index contributed by atoms with van der Waals surface area (Å²) < 4.78 is 0. The van der Waals surface area contributed by atoms with Crippen molar-refractivity contribution in [2.75, 3.05) is 0 Å². The quantitative estimate of drug-likeness (QED) is 0.663. The highest BCUT2D eigenvalue weighted by molar-refractivity contribution is 5.27. The van der Waals surface area contributed by atoms with Gasteiger partial charge in [-0.25, -0.2) is 0 Å². The van der Waals surface area contributed by atoms with Crippen molar-refractivity contribution in [2.45, 2.75) is 20.0 Å². The minimum atomic E-state index is -0.523. The van der Waals surface area contributed by atoms with E-state index in [4.69, 9.17) is 0 Å². The molecule has 0 aliphatic rings. The van der Waals surface area contributed by atoms with Gasteiger partial charge < -0.3 is 5.11 Å². The molecule has 12 heavy (non-hydrogen) atoms. The van der Waals surface area contributed by atoms with Crippen molar-refractivity contribution in [1.82, 2.24) is 0 Å². The SMILES string of the molecule is C=C(C)[C@@H](O)c1ccc(C)cc1. The van der Waals surface area contributed by atoms with E-state index in [1.54, 1.807) is 0 Å². The van der Waals surface area contributed by atoms with Crippen molar-refractivity contribution < 1.29 is 5.11 Å². The molecule has 64 valence electrons. The van der Waals surface area contributed by atoms with Gasteiger partial charge in [-0.15, -0.1) is 0 Å². The van der Waals surface area contributed by atoms with Gasteiger partial charge in [0, 0.05) is 0 Å². The van der Waals surface area contributed by atoms with E-state index in [-0.39, 0.29) is 0 Å². The van der Waals surface area contributed by atoms with E-state index in [0.29, 0.717) is 0 Å². The summed E-state index contributed by atoms with van der Waals surface area (Å²) in [5.41, 5.74) is 2.89. The minimum absolute atomic E-state index is 0.523. The van der Waals surface area contributed by atoms with Crippen LogP contribution in [0.15, 0.2) is 36.4 Å². The normalized spacial score (nSPS) is 12.6. The molecule has 0 radical (unpaired) electrons. The third-order valence-corrected chi connectivity index (χ3v) is 1.86. The number of rotatable bonds is 2. The molecule has 0 amide bonds. The molecule has 1 N–H and O–H groups in total. The van der Waals surface area contributed by atoms with Gasteiger partial charge in [0.15, 0.2) is 0 Å². The second-order valence-electron chi connectivity index (χ2n) is 3.16. The zero-order chi connectivity index (χ0) is 9.14. The first-order chi connectivity index (χ1) is 5.61. The summed E-state index contributed by atoms with van der Waals surface area (Å²) in [7, 11) is 0. The number of aliphatic hydroxyl groups excluding tert-OH is 1. The minimum Gasteiger partial charge on any atom is -0.384 e. The lowest BCUT2D eigenvalue weighted by Gasteiger charge is -2.09. The Balaban J connectivity index is 2.89. The molecule has 1 aromatic carbocycles. The topological polar surface area (TPSA) is 20.2 Å². The van der Waals surface area contributed by atoms with E-state index in [0.717, 1.165) is 11.1 Å². The lowest BCUT2D eigenvalue weighted by Crippen LogP contribution is -1.97. The smallest absolute Gasteiger partial charge is 0.0995 e. The molecule has 0 spiro atoms. The van der Waals surface area contributed by atoms with Gasteiger partial charge in [0.1, 0.15) is 0 Å². The fraction of sp³-hybridized carbons (Fsp3) is 0.273. The van der Waals surface area contributed by atoms with Gasteiger partial charge in [-0.1, -0.05) is 36.4 Å². The first-order valence-corrected chi connectivity index (χ1v) is 4.01. The molecule has 1 rings (SSSR count). The number of aliphatic hydroxyl groups is 1. The molecule has 0 saturated carbocycles. The Bertz CT molecular complexity index is 272. The van der Waals surface area contributed by atoms with Crippen LogP contribution in [-0.2, 0) is 0 Å². The van der Waals surface area contributed by atoms with E-state index < -0.39 is 6.10 Å². The van der Waals surface area contributed by atoms with Crippen LogP contribution in [0.25, 0.3) is 0 Å². The average molecular weight is 162 g/mol. The molecule has 0 fully saturated rings. The van der Waals surface area contributed by atoms with Crippen molar-refractivity contribution in [3.63, 3.8) is 0 Å². The molecule has 0 unspecified atom stereocenters. The van der Waals surface area contributed by atoms with Crippen molar-refractivity contribution in [2.24, 2.45) is 0 Å². The first-order valence-electron chi connectivity index (χ1n) is 4.01. The van der Waals surface area contributed by atoms with Gasteiger partial charge in [-0.05, 0) is 25.0 Å². The monoisotopic (exact) mass is 162 g/mol. The highest BCUT2D eigenvalue weighted by Crippen LogP contribution is 2.19. The largest absolute Gasteiger partial charge is 0.384 e. The van der Waals surface area contributed by atoms with Crippen LogP contribution in [-0.4, -0.2) is 5.11 Å². The van der Waals surface area contributed by atoms with Crippen LogP contribution in [0.5, 0.6) is 0 Å². The Kier molecular flexibility index (Phi) is 2.66. The molecule has 0 aliphatic heterocycles. The summed E-state index contributed by atoms with van der Waals surface area (Å²) in [6.45, 7) is 7.55. The van der Waals surface area contributed by atoms with E-state index in [1.165, 1.54) is 5.56 Å². The Labute approximate surface area is 73.4 Å². The standard InChI is InChI=1S/C11H14O/c1-8(2)11(12)10-6-4-9(3)5-7-10/h4-7,11-12H,1H2,2-3H3/t11-/m1/s1.